The van der Waals surface area contributed by atoms with Crippen LogP contribution in [0.3, 0.4) is 0 Å². The van der Waals surface area contributed by atoms with Crippen LogP contribution in [0, 0.1) is 5.82 Å². The summed E-state index contributed by atoms with van der Waals surface area (Å²) in [6.45, 7) is 9.17. The maximum atomic E-state index is 14.2. The van der Waals surface area contributed by atoms with Crippen LogP contribution in [0.25, 0.3) is 11.1 Å². The number of ether oxygens (including phenoxy) is 2. The van der Waals surface area contributed by atoms with Gasteiger partial charge >= 0.3 is 0 Å². The second kappa shape index (κ2) is 10.0. The molecule has 0 N–H and O–H groups in total. The van der Waals surface area contributed by atoms with Gasteiger partial charge in [-0.1, -0.05) is 39.0 Å². The Balaban J connectivity index is 0.00000127. The Labute approximate surface area is 139 Å². The van der Waals surface area contributed by atoms with Crippen LogP contribution >= 0.6 is 0 Å². The molecule has 0 bridgehead atoms. The van der Waals surface area contributed by atoms with Crippen molar-refractivity contribution in [1.29, 1.82) is 0 Å². The van der Waals surface area contributed by atoms with E-state index in [1.54, 1.807) is 19.2 Å². The molecule has 0 aliphatic carbocycles. The fourth-order valence-corrected chi connectivity index (χ4v) is 2.30. The van der Waals surface area contributed by atoms with E-state index in [0.717, 1.165) is 17.5 Å². The molecule has 0 amide bonds. The predicted octanol–water partition coefficient (Wildman–Crippen LogP) is 5.63. The number of methoxy groups -OCH3 is 1. The van der Waals surface area contributed by atoms with Gasteiger partial charge in [-0.3, -0.25) is 0 Å². The summed E-state index contributed by atoms with van der Waals surface area (Å²) in [4.78, 5) is 0. The summed E-state index contributed by atoms with van der Waals surface area (Å²) in [7, 11) is 1.58. The van der Waals surface area contributed by atoms with Gasteiger partial charge in [-0.25, -0.2) is 4.39 Å². The number of benzene rings is 2. The van der Waals surface area contributed by atoms with E-state index in [-0.39, 0.29) is 5.82 Å². The molecule has 0 aliphatic rings. The Bertz CT molecular complexity index is 609. The molecule has 2 aromatic rings. The van der Waals surface area contributed by atoms with E-state index in [1.807, 2.05) is 32.9 Å². The summed E-state index contributed by atoms with van der Waals surface area (Å²) in [5.74, 6) is 0.395. The summed E-state index contributed by atoms with van der Waals surface area (Å²) in [5, 5.41) is 0. The molecule has 0 unspecified atom stereocenters. The van der Waals surface area contributed by atoms with E-state index >= 15 is 0 Å². The van der Waals surface area contributed by atoms with Crippen LogP contribution < -0.4 is 4.74 Å². The zero-order chi connectivity index (χ0) is 17.2. The minimum atomic E-state index is -0.252. The number of aryl methyl sites for hydroxylation is 1. The van der Waals surface area contributed by atoms with Crippen LogP contribution in [-0.2, 0) is 17.8 Å². The van der Waals surface area contributed by atoms with Crippen molar-refractivity contribution < 1.29 is 13.9 Å². The summed E-state index contributed by atoms with van der Waals surface area (Å²) < 4.78 is 24.9. The Hall–Kier alpha value is -1.87. The number of hydrogen-bond donors (Lipinski definition) is 0. The van der Waals surface area contributed by atoms with Crippen LogP contribution in [-0.4, -0.2) is 13.7 Å². The van der Waals surface area contributed by atoms with Crippen molar-refractivity contribution in [1.82, 2.24) is 0 Å². The minimum Gasteiger partial charge on any atom is -0.497 e. The molecule has 0 aliphatic heterocycles. The number of rotatable bonds is 6. The summed E-state index contributed by atoms with van der Waals surface area (Å²) in [6, 6.07) is 10.9. The van der Waals surface area contributed by atoms with Crippen molar-refractivity contribution in [3.8, 4) is 16.9 Å². The van der Waals surface area contributed by atoms with Crippen LogP contribution in [0.2, 0.25) is 0 Å². The third-order valence-electron chi connectivity index (χ3n) is 3.50. The molecule has 0 atom stereocenters. The molecule has 2 aromatic carbocycles. The molecule has 2 rings (SSSR count). The first-order chi connectivity index (χ1) is 11.2. The monoisotopic (exact) mass is 318 g/mol. The SMILES string of the molecule is CC.CCOCc1cc(CC)ccc1-c1cc(OC)ccc1F. The Morgan fingerprint density at radius 3 is 2.30 bits per heavy atom. The molecule has 0 spiro atoms. The molecular formula is C20H27FO2. The standard InChI is InChI=1S/C18H21FO2.C2H6/c1-4-13-6-8-16(14(10-13)12-21-5-2)17-11-15(20-3)7-9-18(17)19;1-2/h6-11H,4-5,12H2,1-3H3;1-2H3. The molecule has 2 nitrogen and oxygen atoms in total. The zero-order valence-electron chi connectivity index (χ0n) is 14.8. The van der Waals surface area contributed by atoms with Crippen LogP contribution in [0.1, 0.15) is 38.8 Å². The van der Waals surface area contributed by atoms with Gasteiger partial charge in [-0.15, -0.1) is 0 Å². The van der Waals surface area contributed by atoms with E-state index in [4.69, 9.17) is 9.47 Å². The summed E-state index contributed by atoms with van der Waals surface area (Å²) >= 11 is 0. The third-order valence-corrected chi connectivity index (χ3v) is 3.50. The molecule has 0 saturated carbocycles. The second-order valence-electron chi connectivity index (χ2n) is 4.83. The molecule has 0 fully saturated rings. The first-order valence-corrected chi connectivity index (χ1v) is 8.23. The predicted molar refractivity (Wildman–Crippen MR) is 94.4 cm³/mol. The quantitative estimate of drug-likeness (QED) is 0.687. The summed E-state index contributed by atoms with van der Waals surface area (Å²) in [6.07, 6.45) is 0.944. The maximum absolute atomic E-state index is 14.2. The van der Waals surface area contributed by atoms with Crippen molar-refractivity contribution in [3.63, 3.8) is 0 Å². The average Bonchev–Trinajstić information content (AvgIpc) is 2.62. The van der Waals surface area contributed by atoms with Gasteiger partial charge in [-0.05, 0) is 48.2 Å². The van der Waals surface area contributed by atoms with Gasteiger partial charge < -0.3 is 9.47 Å². The van der Waals surface area contributed by atoms with Gasteiger partial charge in [0.2, 0.25) is 0 Å². The minimum absolute atomic E-state index is 0.252. The fourth-order valence-electron chi connectivity index (χ4n) is 2.30. The maximum Gasteiger partial charge on any atom is 0.131 e. The topological polar surface area (TPSA) is 18.5 Å². The normalized spacial score (nSPS) is 10.0. The van der Waals surface area contributed by atoms with Crippen molar-refractivity contribution in [2.45, 2.75) is 40.7 Å². The second-order valence-corrected chi connectivity index (χ2v) is 4.83. The molecule has 0 aromatic heterocycles. The molecule has 3 heteroatoms. The molecule has 0 heterocycles. The van der Waals surface area contributed by atoms with Crippen LogP contribution in [0.4, 0.5) is 4.39 Å². The lowest BCUT2D eigenvalue weighted by Gasteiger charge is -2.13. The van der Waals surface area contributed by atoms with Gasteiger partial charge in [0.1, 0.15) is 11.6 Å². The van der Waals surface area contributed by atoms with Crippen molar-refractivity contribution in [2.24, 2.45) is 0 Å². The average molecular weight is 318 g/mol. The summed E-state index contributed by atoms with van der Waals surface area (Å²) in [5.41, 5.74) is 3.63. The van der Waals surface area contributed by atoms with Crippen LogP contribution in [0.5, 0.6) is 5.75 Å². The van der Waals surface area contributed by atoms with E-state index in [0.29, 0.717) is 24.5 Å². The van der Waals surface area contributed by atoms with E-state index in [2.05, 4.69) is 13.0 Å². The molecular weight excluding hydrogens is 291 g/mol. The lowest BCUT2D eigenvalue weighted by atomic mass is 9.96. The molecule has 23 heavy (non-hydrogen) atoms. The lowest BCUT2D eigenvalue weighted by Crippen LogP contribution is -1.98. The Morgan fingerprint density at radius 1 is 0.957 bits per heavy atom. The fraction of sp³-hybridized carbons (Fsp3) is 0.400. The highest BCUT2D eigenvalue weighted by Gasteiger charge is 2.12. The van der Waals surface area contributed by atoms with Gasteiger partial charge in [-0.2, -0.15) is 0 Å². The van der Waals surface area contributed by atoms with E-state index in [9.17, 15) is 4.39 Å². The number of halogens is 1. The molecule has 0 radical (unpaired) electrons. The smallest absolute Gasteiger partial charge is 0.131 e. The van der Waals surface area contributed by atoms with Crippen molar-refractivity contribution in [3.05, 3.63) is 53.3 Å². The van der Waals surface area contributed by atoms with Crippen molar-refractivity contribution >= 4 is 0 Å². The number of hydrogen-bond acceptors (Lipinski definition) is 2. The highest BCUT2D eigenvalue weighted by atomic mass is 19.1. The van der Waals surface area contributed by atoms with E-state index < -0.39 is 0 Å². The third kappa shape index (κ3) is 5.07. The first-order valence-electron chi connectivity index (χ1n) is 8.23. The van der Waals surface area contributed by atoms with Crippen molar-refractivity contribution in [2.75, 3.05) is 13.7 Å². The largest absolute Gasteiger partial charge is 0.497 e. The van der Waals surface area contributed by atoms with Gasteiger partial charge in [0, 0.05) is 12.2 Å². The van der Waals surface area contributed by atoms with Gasteiger partial charge in [0.25, 0.3) is 0 Å². The lowest BCUT2D eigenvalue weighted by molar-refractivity contribution is 0.134. The Morgan fingerprint density at radius 2 is 1.70 bits per heavy atom. The van der Waals surface area contributed by atoms with Gasteiger partial charge in [0.05, 0.1) is 13.7 Å². The zero-order valence-corrected chi connectivity index (χ0v) is 14.8. The molecule has 126 valence electrons. The van der Waals surface area contributed by atoms with Gasteiger partial charge in [0.15, 0.2) is 0 Å². The van der Waals surface area contributed by atoms with E-state index in [1.165, 1.54) is 11.6 Å². The highest BCUT2D eigenvalue weighted by molar-refractivity contribution is 5.69. The van der Waals surface area contributed by atoms with Crippen LogP contribution in [0.15, 0.2) is 36.4 Å². The molecule has 0 saturated heterocycles. The first kappa shape index (κ1) is 19.2. The highest BCUT2D eigenvalue weighted by Crippen LogP contribution is 2.31. The Kier molecular flexibility index (Phi) is 8.35.